The number of nitrogens with one attached hydrogen (secondary N) is 1. The van der Waals surface area contributed by atoms with Crippen molar-refractivity contribution in [3.63, 3.8) is 0 Å². The molecule has 0 atom stereocenters. The van der Waals surface area contributed by atoms with Crippen LogP contribution in [-0.4, -0.2) is 32.9 Å². The van der Waals surface area contributed by atoms with E-state index in [1.807, 2.05) is 46.9 Å². The van der Waals surface area contributed by atoms with Crippen molar-refractivity contribution >= 4 is 10.0 Å². The van der Waals surface area contributed by atoms with Crippen molar-refractivity contribution in [2.24, 2.45) is 0 Å². The molecule has 0 spiro atoms. The number of sulfonamides is 1. The van der Waals surface area contributed by atoms with Gasteiger partial charge < -0.3 is 5.32 Å². The average Bonchev–Trinajstić information content (AvgIpc) is 2.42. The van der Waals surface area contributed by atoms with Crippen LogP contribution in [0.1, 0.15) is 43.4 Å². The molecule has 5 heteroatoms. The number of nitrogens with zero attached hydrogens (tertiary/aromatic N) is 1. The van der Waals surface area contributed by atoms with Gasteiger partial charge in [-0.3, -0.25) is 0 Å². The molecule has 0 unspecified atom stereocenters. The van der Waals surface area contributed by atoms with Gasteiger partial charge in [0.15, 0.2) is 0 Å². The lowest BCUT2D eigenvalue weighted by molar-refractivity contribution is 0.349. The number of hydrogen-bond acceptors (Lipinski definition) is 3. The van der Waals surface area contributed by atoms with Crippen LogP contribution in [0.15, 0.2) is 17.0 Å². The number of hydrogen-bond donors (Lipinski definition) is 1. The molecule has 0 radical (unpaired) electrons. The first-order valence-electron chi connectivity index (χ1n) is 7.52. The minimum Gasteiger partial charge on any atom is -0.316 e. The van der Waals surface area contributed by atoms with E-state index in [0.717, 1.165) is 29.5 Å². The Morgan fingerprint density at radius 2 is 1.71 bits per heavy atom. The fraction of sp³-hybridized carbons (Fsp3) is 0.625. The average molecular weight is 312 g/mol. The largest absolute Gasteiger partial charge is 0.316 e. The molecule has 4 nitrogen and oxygen atoms in total. The van der Waals surface area contributed by atoms with E-state index in [9.17, 15) is 8.42 Å². The molecule has 0 fully saturated rings. The summed E-state index contributed by atoms with van der Waals surface area (Å²) in [6, 6.07) is 3.82. The molecule has 0 aliphatic carbocycles. The quantitative estimate of drug-likeness (QED) is 0.842. The number of aryl methyl sites for hydroxylation is 2. The maximum atomic E-state index is 12.9. The molecule has 0 aliphatic rings. The van der Waals surface area contributed by atoms with Crippen LogP contribution in [-0.2, 0) is 16.6 Å². The molecule has 0 heterocycles. The Morgan fingerprint density at radius 3 is 2.19 bits per heavy atom. The summed E-state index contributed by atoms with van der Waals surface area (Å²) in [6.07, 6.45) is 1.64. The van der Waals surface area contributed by atoms with Gasteiger partial charge in [0.2, 0.25) is 10.0 Å². The highest BCUT2D eigenvalue weighted by Crippen LogP contribution is 2.25. The topological polar surface area (TPSA) is 49.4 Å². The number of rotatable bonds is 7. The Bertz CT molecular complexity index is 578. The Kier molecular flexibility index (Phi) is 6.38. The zero-order valence-corrected chi connectivity index (χ0v) is 14.8. The van der Waals surface area contributed by atoms with Gasteiger partial charge in [0, 0.05) is 19.6 Å². The van der Waals surface area contributed by atoms with Gasteiger partial charge in [-0.05, 0) is 56.5 Å². The summed E-state index contributed by atoms with van der Waals surface area (Å²) in [5.41, 5.74) is 2.95. The Labute approximate surface area is 129 Å². The van der Waals surface area contributed by atoms with Crippen molar-refractivity contribution in [2.45, 2.75) is 58.0 Å². The van der Waals surface area contributed by atoms with E-state index in [1.165, 1.54) is 4.31 Å². The van der Waals surface area contributed by atoms with Crippen molar-refractivity contribution in [1.82, 2.24) is 9.62 Å². The molecule has 0 bridgehead atoms. The third-order valence-corrected chi connectivity index (χ3v) is 6.17. The summed E-state index contributed by atoms with van der Waals surface area (Å²) in [4.78, 5) is 0.424. The molecule has 1 aromatic carbocycles. The summed E-state index contributed by atoms with van der Waals surface area (Å²) in [5.74, 6) is 0. The van der Waals surface area contributed by atoms with E-state index < -0.39 is 10.0 Å². The summed E-state index contributed by atoms with van der Waals surface area (Å²) in [6.45, 7) is 8.59. The van der Waals surface area contributed by atoms with E-state index in [2.05, 4.69) is 5.32 Å². The highest BCUT2D eigenvalue weighted by atomic mass is 32.2. The van der Waals surface area contributed by atoms with Crippen LogP contribution in [0.3, 0.4) is 0 Å². The van der Waals surface area contributed by atoms with Gasteiger partial charge in [0.25, 0.3) is 0 Å². The van der Waals surface area contributed by atoms with Gasteiger partial charge in [-0.25, -0.2) is 8.42 Å². The molecule has 1 rings (SSSR count). The highest BCUT2D eigenvalue weighted by molar-refractivity contribution is 7.89. The minimum absolute atomic E-state index is 0.0449. The second-order valence-electron chi connectivity index (χ2n) is 5.57. The molecular weight excluding hydrogens is 284 g/mol. The van der Waals surface area contributed by atoms with Crippen molar-refractivity contribution in [1.29, 1.82) is 0 Å². The SMILES string of the molecule is CCC(CC)N(C)S(=O)(=O)c1cc(CNC)c(C)cc1C. The molecule has 0 aliphatic heterocycles. The smallest absolute Gasteiger partial charge is 0.243 e. The minimum atomic E-state index is -3.45. The molecular formula is C16H28N2O2S. The van der Waals surface area contributed by atoms with Crippen LogP contribution in [0.2, 0.25) is 0 Å². The lowest BCUT2D eigenvalue weighted by atomic mass is 10.1. The first kappa shape index (κ1) is 18.1. The monoisotopic (exact) mass is 312 g/mol. The third kappa shape index (κ3) is 3.84. The van der Waals surface area contributed by atoms with Crippen molar-refractivity contribution in [2.75, 3.05) is 14.1 Å². The summed E-state index contributed by atoms with van der Waals surface area (Å²) in [5, 5.41) is 3.09. The van der Waals surface area contributed by atoms with Crippen molar-refractivity contribution in [3.05, 3.63) is 28.8 Å². The predicted octanol–water partition coefficient (Wildman–Crippen LogP) is 2.83. The van der Waals surface area contributed by atoms with Crippen LogP contribution in [0, 0.1) is 13.8 Å². The second-order valence-corrected chi connectivity index (χ2v) is 7.53. The predicted molar refractivity (Wildman–Crippen MR) is 88.0 cm³/mol. The summed E-state index contributed by atoms with van der Waals surface area (Å²) < 4.78 is 27.3. The van der Waals surface area contributed by atoms with E-state index in [4.69, 9.17) is 0 Å². The molecule has 1 N–H and O–H groups in total. The van der Waals surface area contributed by atoms with Crippen LogP contribution in [0.4, 0.5) is 0 Å². The second kappa shape index (κ2) is 7.38. The Morgan fingerprint density at radius 1 is 1.14 bits per heavy atom. The fourth-order valence-corrected chi connectivity index (χ4v) is 4.45. The zero-order chi connectivity index (χ0) is 16.2. The molecule has 0 amide bonds. The van der Waals surface area contributed by atoms with Crippen molar-refractivity contribution in [3.8, 4) is 0 Å². The normalized spacial score (nSPS) is 12.4. The number of benzene rings is 1. The van der Waals surface area contributed by atoms with Gasteiger partial charge >= 0.3 is 0 Å². The van der Waals surface area contributed by atoms with Crippen LogP contribution >= 0.6 is 0 Å². The first-order valence-corrected chi connectivity index (χ1v) is 8.96. The van der Waals surface area contributed by atoms with Crippen LogP contribution in [0.25, 0.3) is 0 Å². The van der Waals surface area contributed by atoms with E-state index in [-0.39, 0.29) is 6.04 Å². The van der Waals surface area contributed by atoms with Gasteiger partial charge in [-0.2, -0.15) is 4.31 Å². The lowest BCUT2D eigenvalue weighted by Gasteiger charge is -2.26. The maximum absolute atomic E-state index is 12.9. The van der Waals surface area contributed by atoms with Crippen LogP contribution in [0.5, 0.6) is 0 Å². The summed E-state index contributed by atoms with van der Waals surface area (Å²) in [7, 11) is 0.104. The maximum Gasteiger partial charge on any atom is 0.243 e. The van der Waals surface area contributed by atoms with Gasteiger partial charge in [0.1, 0.15) is 0 Å². The summed E-state index contributed by atoms with van der Waals surface area (Å²) >= 11 is 0. The Balaban J connectivity index is 3.34. The first-order chi connectivity index (χ1) is 9.79. The van der Waals surface area contributed by atoms with Crippen molar-refractivity contribution < 1.29 is 8.42 Å². The highest BCUT2D eigenvalue weighted by Gasteiger charge is 2.27. The van der Waals surface area contributed by atoms with Crippen LogP contribution < -0.4 is 5.32 Å². The Hall–Kier alpha value is -0.910. The van der Waals surface area contributed by atoms with Gasteiger partial charge in [0.05, 0.1) is 4.90 Å². The fourth-order valence-electron chi connectivity index (χ4n) is 2.69. The molecule has 0 saturated heterocycles. The van der Waals surface area contributed by atoms with Gasteiger partial charge in [-0.1, -0.05) is 19.9 Å². The standard InChI is InChI=1S/C16H28N2O2S/c1-7-15(8-2)18(6)21(19,20)16-10-14(11-17-5)12(3)9-13(16)4/h9-10,15,17H,7-8,11H2,1-6H3. The molecule has 1 aromatic rings. The van der Waals surface area contributed by atoms with Gasteiger partial charge in [-0.15, -0.1) is 0 Å². The third-order valence-electron chi connectivity index (χ3n) is 4.11. The molecule has 0 aromatic heterocycles. The molecule has 21 heavy (non-hydrogen) atoms. The van der Waals surface area contributed by atoms with E-state index in [1.54, 1.807) is 7.05 Å². The lowest BCUT2D eigenvalue weighted by Crippen LogP contribution is -2.36. The molecule has 0 saturated carbocycles. The zero-order valence-electron chi connectivity index (χ0n) is 14.0. The molecule has 120 valence electrons. The van der Waals surface area contributed by atoms with E-state index in [0.29, 0.717) is 11.4 Å². The van der Waals surface area contributed by atoms with E-state index >= 15 is 0 Å².